The predicted octanol–water partition coefficient (Wildman–Crippen LogP) is 5.52. The van der Waals surface area contributed by atoms with Crippen molar-refractivity contribution in [2.75, 3.05) is 25.1 Å². The summed E-state index contributed by atoms with van der Waals surface area (Å²) in [7, 11) is 0. The second kappa shape index (κ2) is 12.2. The van der Waals surface area contributed by atoms with Crippen LogP contribution in [0.4, 0.5) is 5.13 Å². The van der Waals surface area contributed by atoms with Gasteiger partial charge in [0.15, 0.2) is 11.5 Å². The number of ether oxygens (including phenoxy) is 3. The Morgan fingerprint density at radius 2 is 1.89 bits per heavy atom. The molecule has 3 aromatic rings. The minimum absolute atomic E-state index is 0.119. The molecule has 0 aliphatic carbocycles. The number of amides is 1. The number of nitriles is 1. The average Bonchev–Trinajstić information content (AvgIpc) is 3.22. The highest BCUT2D eigenvalue weighted by molar-refractivity contribution is 7.15. The fourth-order valence-corrected chi connectivity index (χ4v) is 4.02. The number of nitrogens with zero attached hydrogens (tertiary/aromatic N) is 3. The largest absolute Gasteiger partial charge is 0.490 e. The van der Waals surface area contributed by atoms with E-state index in [4.69, 9.17) is 25.8 Å². The standard InChI is InChI=1S/C25H25ClN4O4S/c1-5-32-22-13-18(11-19(14-27)24(31)28-25-30-29-17(4)35-25)12-20(26)23(22)34-9-8-33-21-7-6-15(2)10-16(21)3/h6-7,10-13H,5,8-9H2,1-4H3,(H,28,30,31). The van der Waals surface area contributed by atoms with Gasteiger partial charge in [0.1, 0.15) is 35.6 Å². The first kappa shape index (κ1) is 26.0. The molecule has 1 aromatic heterocycles. The summed E-state index contributed by atoms with van der Waals surface area (Å²) in [6.07, 6.45) is 1.42. The maximum atomic E-state index is 12.5. The predicted molar refractivity (Wildman–Crippen MR) is 136 cm³/mol. The van der Waals surface area contributed by atoms with Crippen LogP contribution in [-0.4, -0.2) is 35.9 Å². The first-order valence-electron chi connectivity index (χ1n) is 10.8. The van der Waals surface area contributed by atoms with Crippen molar-refractivity contribution in [3.05, 3.63) is 62.6 Å². The van der Waals surface area contributed by atoms with E-state index in [2.05, 4.69) is 21.6 Å². The zero-order valence-corrected chi connectivity index (χ0v) is 21.4. The van der Waals surface area contributed by atoms with Gasteiger partial charge in [-0.15, -0.1) is 10.2 Å². The highest BCUT2D eigenvalue weighted by Gasteiger charge is 2.16. The summed E-state index contributed by atoms with van der Waals surface area (Å²) in [5, 5.41) is 21.0. The van der Waals surface area contributed by atoms with Crippen molar-refractivity contribution < 1.29 is 19.0 Å². The molecule has 182 valence electrons. The third kappa shape index (κ3) is 7.18. The van der Waals surface area contributed by atoms with Crippen LogP contribution < -0.4 is 19.5 Å². The number of carbonyl (C=O) groups is 1. The summed E-state index contributed by atoms with van der Waals surface area (Å²) in [5.74, 6) is 0.959. The molecular weight excluding hydrogens is 488 g/mol. The van der Waals surface area contributed by atoms with E-state index in [0.29, 0.717) is 40.4 Å². The van der Waals surface area contributed by atoms with Crippen LogP contribution >= 0.6 is 22.9 Å². The number of rotatable bonds is 10. The lowest BCUT2D eigenvalue weighted by atomic mass is 10.1. The molecule has 3 rings (SSSR count). The van der Waals surface area contributed by atoms with Gasteiger partial charge >= 0.3 is 0 Å². The van der Waals surface area contributed by atoms with Gasteiger partial charge in [0, 0.05) is 0 Å². The molecule has 0 saturated heterocycles. The molecule has 1 heterocycles. The monoisotopic (exact) mass is 512 g/mol. The van der Waals surface area contributed by atoms with Crippen LogP contribution in [0.1, 0.15) is 28.6 Å². The van der Waals surface area contributed by atoms with E-state index in [1.165, 1.54) is 23.0 Å². The molecule has 0 fully saturated rings. The molecule has 0 unspecified atom stereocenters. The van der Waals surface area contributed by atoms with Gasteiger partial charge in [-0.1, -0.05) is 40.6 Å². The number of carbonyl (C=O) groups excluding carboxylic acids is 1. The molecule has 1 amide bonds. The van der Waals surface area contributed by atoms with Crippen LogP contribution in [0.15, 0.2) is 35.9 Å². The van der Waals surface area contributed by atoms with Crippen molar-refractivity contribution in [2.24, 2.45) is 0 Å². The molecule has 2 aromatic carbocycles. The molecule has 10 heteroatoms. The van der Waals surface area contributed by atoms with Crippen LogP contribution in [0.25, 0.3) is 6.08 Å². The summed E-state index contributed by atoms with van der Waals surface area (Å²) in [6.45, 7) is 8.56. The summed E-state index contributed by atoms with van der Waals surface area (Å²) in [5.41, 5.74) is 2.61. The third-order valence-corrected chi connectivity index (χ3v) is 5.71. The van der Waals surface area contributed by atoms with Gasteiger partial charge in [0.2, 0.25) is 5.13 Å². The molecule has 0 aliphatic heterocycles. The van der Waals surface area contributed by atoms with Gasteiger partial charge in [0.05, 0.1) is 11.6 Å². The summed E-state index contributed by atoms with van der Waals surface area (Å²) in [6, 6.07) is 11.1. The Balaban J connectivity index is 1.72. The van der Waals surface area contributed by atoms with Crippen molar-refractivity contribution >= 4 is 40.1 Å². The number of aryl methyl sites for hydroxylation is 3. The van der Waals surface area contributed by atoms with Gasteiger partial charge in [-0.05, 0) is 63.1 Å². The molecule has 8 nitrogen and oxygen atoms in total. The first-order valence-corrected chi connectivity index (χ1v) is 12.0. The minimum Gasteiger partial charge on any atom is -0.490 e. The number of hydrogen-bond donors (Lipinski definition) is 1. The number of aromatic nitrogens is 2. The fourth-order valence-electron chi connectivity index (χ4n) is 3.16. The van der Waals surface area contributed by atoms with E-state index in [0.717, 1.165) is 11.3 Å². The van der Waals surface area contributed by atoms with Gasteiger partial charge in [-0.3, -0.25) is 10.1 Å². The lowest BCUT2D eigenvalue weighted by Gasteiger charge is -2.15. The van der Waals surface area contributed by atoms with Crippen LogP contribution in [0.3, 0.4) is 0 Å². The van der Waals surface area contributed by atoms with Crippen molar-refractivity contribution in [1.82, 2.24) is 10.2 Å². The molecule has 35 heavy (non-hydrogen) atoms. The normalized spacial score (nSPS) is 11.0. The second-order valence-electron chi connectivity index (χ2n) is 7.48. The van der Waals surface area contributed by atoms with Crippen LogP contribution in [0.5, 0.6) is 17.2 Å². The van der Waals surface area contributed by atoms with Crippen LogP contribution in [0, 0.1) is 32.1 Å². The first-order chi connectivity index (χ1) is 16.8. The molecule has 0 radical (unpaired) electrons. The maximum Gasteiger partial charge on any atom is 0.268 e. The van der Waals surface area contributed by atoms with E-state index in [-0.39, 0.29) is 17.2 Å². The fraction of sp³-hybridized carbons (Fsp3) is 0.280. The Kier molecular flexibility index (Phi) is 9.06. The molecule has 0 atom stereocenters. The van der Waals surface area contributed by atoms with E-state index in [9.17, 15) is 10.1 Å². The highest BCUT2D eigenvalue weighted by Crippen LogP contribution is 2.37. The SMILES string of the molecule is CCOc1cc(C=C(C#N)C(=O)Nc2nnc(C)s2)cc(Cl)c1OCCOc1ccc(C)cc1C. The van der Waals surface area contributed by atoms with Gasteiger partial charge in [-0.2, -0.15) is 5.26 Å². The molecular formula is C25H25ClN4O4S. The molecule has 0 aliphatic rings. The maximum absolute atomic E-state index is 12.5. The zero-order chi connectivity index (χ0) is 25.4. The number of hydrogen-bond acceptors (Lipinski definition) is 8. The summed E-state index contributed by atoms with van der Waals surface area (Å²) in [4.78, 5) is 12.5. The second-order valence-corrected chi connectivity index (χ2v) is 9.07. The lowest BCUT2D eigenvalue weighted by molar-refractivity contribution is -0.112. The van der Waals surface area contributed by atoms with Gasteiger partial charge in [-0.25, -0.2) is 0 Å². The Bertz CT molecular complexity index is 1280. The lowest BCUT2D eigenvalue weighted by Crippen LogP contribution is -2.13. The van der Waals surface area contributed by atoms with Crippen LogP contribution in [0.2, 0.25) is 5.02 Å². The summed E-state index contributed by atoms with van der Waals surface area (Å²) < 4.78 is 17.4. The van der Waals surface area contributed by atoms with E-state index in [1.807, 2.05) is 39.0 Å². The van der Waals surface area contributed by atoms with E-state index < -0.39 is 5.91 Å². The van der Waals surface area contributed by atoms with Crippen molar-refractivity contribution in [2.45, 2.75) is 27.7 Å². The Morgan fingerprint density at radius 1 is 1.11 bits per heavy atom. The topological polar surface area (TPSA) is 106 Å². The Labute approximate surface area is 213 Å². The highest BCUT2D eigenvalue weighted by atomic mass is 35.5. The van der Waals surface area contributed by atoms with Gasteiger partial charge in [0.25, 0.3) is 5.91 Å². The number of anilines is 1. The van der Waals surface area contributed by atoms with E-state index in [1.54, 1.807) is 19.1 Å². The van der Waals surface area contributed by atoms with Gasteiger partial charge < -0.3 is 14.2 Å². The summed E-state index contributed by atoms with van der Waals surface area (Å²) >= 11 is 7.69. The van der Waals surface area contributed by atoms with Crippen molar-refractivity contribution in [3.8, 4) is 23.3 Å². The minimum atomic E-state index is -0.596. The molecule has 1 N–H and O–H groups in total. The smallest absolute Gasteiger partial charge is 0.268 e. The Hall–Kier alpha value is -3.61. The Morgan fingerprint density at radius 3 is 2.54 bits per heavy atom. The number of benzene rings is 2. The zero-order valence-electron chi connectivity index (χ0n) is 19.8. The van der Waals surface area contributed by atoms with Crippen molar-refractivity contribution in [3.63, 3.8) is 0 Å². The number of nitrogens with one attached hydrogen (secondary N) is 1. The molecule has 0 spiro atoms. The van der Waals surface area contributed by atoms with E-state index >= 15 is 0 Å². The third-order valence-electron chi connectivity index (χ3n) is 4.67. The molecule has 0 saturated carbocycles. The van der Waals surface area contributed by atoms with Crippen molar-refractivity contribution in [1.29, 1.82) is 5.26 Å². The molecule has 0 bridgehead atoms. The quantitative estimate of drug-likeness (QED) is 0.216. The number of halogens is 1. The van der Waals surface area contributed by atoms with Crippen LogP contribution in [-0.2, 0) is 4.79 Å². The average molecular weight is 513 g/mol.